The smallest absolute Gasteiger partial charge is 0.407 e. The Morgan fingerprint density at radius 2 is 1.83 bits per heavy atom. The molecule has 0 spiro atoms. The number of nitrogens with one attached hydrogen (secondary N) is 1. The van der Waals surface area contributed by atoms with E-state index in [9.17, 15) is 9.59 Å². The van der Waals surface area contributed by atoms with E-state index < -0.39 is 14.4 Å². The Labute approximate surface area is 149 Å². The third kappa shape index (κ3) is 10.1. The summed E-state index contributed by atoms with van der Waals surface area (Å²) >= 11 is 0. The normalized spacial score (nSPS) is 13.7. The molecule has 0 aliphatic rings. The number of hydrogen-bond donors (Lipinski definition) is 1. The Hall–Kier alpha value is -0.883. The van der Waals surface area contributed by atoms with Gasteiger partial charge in [0.15, 0.2) is 8.32 Å². The van der Waals surface area contributed by atoms with Crippen LogP contribution in [0.2, 0.25) is 18.1 Å². The third-order valence-electron chi connectivity index (χ3n) is 4.55. The second kappa shape index (κ2) is 10.9. The van der Waals surface area contributed by atoms with Crippen molar-refractivity contribution in [2.24, 2.45) is 5.92 Å². The molecule has 0 heterocycles. The molecule has 1 N–H and O–H groups in total. The van der Waals surface area contributed by atoms with Gasteiger partial charge in [-0.25, -0.2) is 4.79 Å². The highest BCUT2D eigenvalue weighted by atomic mass is 28.4. The van der Waals surface area contributed by atoms with E-state index in [1.807, 2.05) is 0 Å². The van der Waals surface area contributed by atoms with Crippen molar-refractivity contribution in [2.45, 2.75) is 84.5 Å². The Bertz CT molecular complexity index is 378. The molecule has 0 rings (SSSR count). The predicted octanol–water partition coefficient (Wildman–Crippen LogP) is 4.52. The summed E-state index contributed by atoms with van der Waals surface area (Å²) in [6.45, 7) is 16.1. The van der Waals surface area contributed by atoms with Crippen molar-refractivity contribution in [3.63, 3.8) is 0 Å². The van der Waals surface area contributed by atoms with Gasteiger partial charge in [-0.15, -0.1) is 0 Å². The second-order valence-electron chi connectivity index (χ2n) is 8.31. The maximum Gasteiger partial charge on any atom is 0.407 e. The van der Waals surface area contributed by atoms with Crippen LogP contribution in [0.3, 0.4) is 0 Å². The van der Waals surface area contributed by atoms with E-state index in [2.05, 4.69) is 53.0 Å². The Kier molecular flexibility index (Phi) is 10.5. The second-order valence-corrected chi connectivity index (χ2v) is 13.1. The third-order valence-corrected chi connectivity index (χ3v) is 9.05. The average molecular weight is 360 g/mol. The lowest BCUT2D eigenvalue weighted by Crippen LogP contribution is -2.43. The predicted molar refractivity (Wildman–Crippen MR) is 101 cm³/mol. The van der Waals surface area contributed by atoms with Crippen LogP contribution in [-0.2, 0) is 14.0 Å². The average Bonchev–Trinajstić information content (AvgIpc) is 2.43. The van der Waals surface area contributed by atoms with Gasteiger partial charge in [0.1, 0.15) is 12.4 Å². The van der Waals surface area contributed by atoms with Crippen LogP contribution in [0.15, 0.2) is 0 Å². The molecule has 0 unspecified atom stereocenters. The first-order valence-corrected chi connectivity index (χ1v) is 11.9. The van der Waals surface area contributed by atoms with Crippen LogP contribution in [-0.4, -0.2) is 40.0 Å². The number of unbranched alkanes of at least 4 members (excludes halogenated alkanes) is 1. The molecule has 0 aromatic heterocycles. The van der Waals surface area contributed by atoms with Gasteiger partial charge >= 0.3 is 6.09 Å². The van der Waals surface area contributed by atoms with Crippen molar-refractivity contribution < 1.29 is 18.8 Å². The van der Waals surface area contributed by atoms with Gasteiger partial charge in [0.25, 0.3) is 0 Å². The number of rotatable bonds is 11. The van der Waals surface area contributed by atoms with Crippen molar-refractivity contribution in [2.75, 3.05) is 13.2 Å². The summed E-state index contributed by atoms with van der Waals surface area (Å²) in [5, 5.41) is 2.90. The van der Waals surface area contributed by atoms with E-state index in [-0.39, 0.29) is 11.1 Å². The number of carbonyl (C=O) groups excluding carboxylic acids is 2. The van der Waals surface area contributed by atoms with E-state index in [0.717, 1.165) is 12.7 Å². The van der Waals surface area contributed by atoms with Gasteiger partial charge in [0.2, 0.25) is 0 Å². The Morgan fingerprint density at radius 1 is 1.21 bits per heavy atom. The summed E-state index contributed by atoms with van der Waals surface area (Å²) in [5.41, 5.74) is 0. The standard InChI is InChI=1S/C18H37NO4Si/c1-15(2)11-12-19-17(21)23-16(10-8-9-13-20)14-22-24(6,7)18(3,4)5/h13,15-16H,8-12,14H2,1-7H3,(H,19,21)/t16-/m0/s1. The van der Waals surface area contributed by atoms with E-state index >= 15 is 0 Å². The summed E-state index contributed by atoms with van der Waals surface area (Å²) in [4.78, 5) is 22.5. The molecule has 0 aromatic rings. The summed E-state index contributed by atoms with van der Waals surface area (Å²) in [5.74, 6) is 0.538. The molecule has 1 amide bonds. The minimum Gasteiger partial charge on any atom is -0.444 e. The molecule has 0 fully saturated rings. The van der Waals surface area contributed by atoms with Crippen molar-refractivity contribution in [1.29, 1.82) is 0 Å². The van der Waals surface area contributed by atoms with Crippen molar-refractivity contribution in [1.82, 2.24) is 5.32 Å². The molecule has 142 valence electrons. The molecule has 0 aliphatic carbocycles. The highest BCUT2D eigenvalue weighted by Gasteiger charge is 2.37. The first-order chi connectivity index (χ1) is 11.0. The monoisotopic (exact) mass is 359 g/mol. The van der Waals surface area contributed by atoms with Crippen LogP contribution >= 0.6 is 0 Å². The zero-order valence-corrected chi connectivity index (χ0v) is 17.6. The molecule has 0 aromatic carbocycles. The molecule has 5 nitrogen and oxygen atoms in total. The van der Waals surface area contributed by atoms with Gasteiger partial charge in [-0.05, 0) is 43.3 Å². The molecule has 0 aliphatic heterocycles. The lowest BCUT2D eigenvalue weighted by molar-refractivity contribution is -0.108. The largest absolute Gasteiger partial charge is 0.444 e. The van der Waals surface area contributed by atoms with Crippen LogP contribution in [0, 0.1) is 5.92 Å². The minimum absolute atomic E-state index is 0.111. The van der Waals surface area contributed by atoms with Crippen molar-refractivity contribution >= 4 is 20.7 Å². The zero-order valence-electron chi connectivity index (χ0n) is 16.6. The number of carbonyl (C=O) groups is 2. The number of amides is 1. The zero-order chi connectivity index (χ0) is 18.8. The van der Waals surface area contributed by atoms with Crippen LogP contribution in [0.1, 0.15) is 60.3 Å². The van der Waals surface area contributed by atoms with E-state index in [1.54, 1.807) is 0 Å². The lowest BCUT2D eigenvalue weighted by atomic mass is 10.1. The van der Waals surface area contributed by atoms with Crippen molar-refractivity contribution in [3.05, 3.63) is 0 Å². The number of ether oxygens (including phenoxy) is 1. The van der Waals surface area contributed by atoms with Gasteiger partial charge in [-0.3, -0.25) is 0 Å². The summed E-state index contributed by atoms with van der Waals surface area (Å²) in [6.07, 6.45) is 2.94. The fraction of sp³-hybridized carbons (Fsp3) is 0.889. The number of alkyl carbamates (subject to hydrolysis) is 1. The topological polar surface area (TPSA) is 64.6 Å². The Balaban J connectivity index is 4.51. The molecular formula is C18H37NO4Si. The fourth-order valence-electron chi connectivity index (χ4n) is 1.78. The summed E-state index contributed by atoms with van der Waals surface area (Å²) < 4.78 is 11.7. The van der Waals surface area contributed by atoms with Gasteiger partial charge < -0.3 is 19.3 Å². The first-order valence-electron chi connectivity index (χ1n) is 9.01. The van der Waals surface area contributed by atoms with Gasteiger partial charge in [-0.1, -0.05) is 34.6 Å². The first kappa shape index (κ1) is 23.1. The van der Waals surface area contributed by atoms with Gasteiger partial charge in [0, 0.05) is 13.0 Å². The molecule has 24 heavy (non-hydrogen) atoms. The van der Waals surface area contributed by atoms with Crippen LogP contribution in [0.25, 0.3) is 0 Å². The van der Waals surface area contributed by atoms with Crippen molar-refractivity contribution in [3.8, 4) is 0 Å². The highest BCUT2D eigenvalue weighted by molar-refractivity contribution is 6.74. The maximum atomic E-state index is 11.9. The fourth-order valence-corrected chi connectivity index (χ4v) is 2.81. The highest BCUT2D eigenvalue weighted by Crippen LogP contribution is 2.36. The number of aldehydes is 1. The molecule has 0 bridgehead atoms. The summed E-state index contributed by atoms with van der Waals surface area (Å²) in [7, 11) is -1.89. The molecule has 0 radical (unpaired) electrons. The van der Waals surface area contributed by atoms with Gasteiger partial charge in [0.05, 0.1) is 6.61 Å². The van der Waals surface area contributed by atoms with Crippen LogP contribution < -0.4 is 5.32 Å². The molecule has 0 saturated heterocycles. The Morgan fingerprint density at radius 3 is 2.33 bits per heavy atom. The summed E-state index contributed by atoms with van der Waals surface area (Å²) in [6, 6.07) is 0. The maximum absolute atomic E-state index is 11.9. The van der Waals surface area contributed by atoms with E-state index in [4.69, 9.17) is 9.16 Å². The van der Waals surface area contributed by atoms with E-state index in [0.29, 0.717) is 38.3 Å². The lowest BCUT2D eigenvalue weighted by Gasteiger charge is -2.37. The molecule has 6 heteroatoms. The number of hydrogen-bond acceptors (Lipinski definition) is 4. The minimum atomic E-state index is -1.89. The van der Waals surface area contributed by atoms with Crippen LogP contribution in [0.4, 0.5) is 4.79 Å². The quantitative estimate of drug-likeness (QED) is 0.335. The molecule has 0 saturated carbocycles. The molecular weight excluding hydrogens is 322 g/mol. The van der Waals surface area contributed by atoms with E-state index in [1.165, 1.54) is 0 Å². The SMILES string of the molecule is CC(C)CCNC(=O)O[C@@H](CCCC=O)CO[Si](C)(C)C(C)(C)C. The van der Waals surface area contributed by atoms with Crippen LogP contribution in [0.5, 0.6) is 0 Å². The molecule has 1 atom stereocenters. The van der Waals surface area contributed by atoms with Gasteiger partial charge in [-0.2, -0.15) is 0 Å².